The zero-order valence-electron chi connectivity index (χ0n) is 13.9. The third-order valence-electron chi connectivity index (χ3n) is 4.52. The van der Waals surface area contributed by atoms with E-state index in [2.05, 4.69) is 15.7 Å². The fourth-order valence-electron chi connectivity index (χ4n) is 3.22. The van der Waals surface area contributed by atoms with Gasteiger partial charge >= 0.3 is 6.03 Å². The number of nitrogens with one attached hydrogen (secondary N) is 2. The molecule has 25 heavy (non-hydrogen) atoms. The van der Waals surface area contributed by atoms with Crippen LogP contribution >= 0.6 is 0 Å². The van der Waals surface area contributed by atoms with E-state index in [0.29, 0.717) is 12.3 Å². The van der Waals surface area contributed by atoms with Gasteiger partial charge in [-0.2, -0.15) is 5.10 Å². The van der Waals surface area contributed by atoms with Gasteiger partial charge in [0.1, 0.15) is 11.7 Å². The number of carbonyl (C=O) groups excluding carboxylic acids is 1. The van der Waals surface area contributed by atoms with Crippen molar-refractivity contribution in [2.75, 3.05) is 11.9 Å². The number of hydrogen-bond donors (Lipinski definition) is 2. The van der Waals surface area contributed by atoms with Crippen LogP contribution in [0.5, 0.6) is 0 Å². The summed E-state index contributed by atoms with van der Waals surface area (Å²) in [5.74, 6) is 0. The summed E-state index contributed by atoms with van der Waals surface area (Å²) in [6.07, 6.45) is 4.86. The Kier molecular flexibility index (Phi) is 4.15. The minimum Gasteiger partial charge on any atom is -0.464 e. The molecule has 0 spiro atoms. The van der Waals surface area contributed by atoms with Crippen LogP contribution in [0.3, 0.4) is 0 Å². The number of benzene rings is 1. The minimum absolute atomic E-state index is 0.0500. The molecule has 2 N–H and O–H groups in total. The molecule has 4 rings (SSSR count). The number of ether oxygens (including phenoxy) is 1. The van der Waals surface area contributed by atoms with Crippen LogP contribution in [0.25, 0.3) is 11.0 Å². The van der Waals surface area contributed by atoms with Crippen molar-refractivity contribution in [1.82, 2.24) is 15.1 Å². The van der Waals surface area contributed by atoms with E-state index in [1.165, 1.54) is 0 Å². The average Bonchev–Trinajstić information content (AvgIpc) is 3.23. The van der Waals surface area contributed by atoms with Gasteiger partial charge in [0, 0.05) is 43.0 Å². The molecule has 3 aromatic rings. The van der Waals surface area contributed by atoms with E-state index >= 15 is 0 Å². The summed E-state index contributed by atoms with van der Waals surface area (Å²) in [7, 11) is 1.90. The Labute approximate surface area is 144 Å². The monoisotopic (exact) mass is 340 g/mol. The largest absolute Gasteiger partial charge is 0.464 e. The smallest absolute Gasteiger partial charge is 0.319 e. The molecule has 1 aliphatic heterocycles. The topological polar surface area (TPSA) is 81.3 Å². The third-order valence-corrected chi connectivity index (χ3v) is 4.52. The van der Waals surface area contributed by atoms with E-state index in [4.69, 9.17) is 9.15 Å². The highest BCUT2D eigenvalue weighted by atomic mass is 16.5. The number of amides is 2. The highest BCUT2D eigenvalue weighted by Gasteiger charge is 2.26. The van der Waals surface area contributed by atoms with Crippen molar-refractivity contribution in [1.29, 1.82) is 0 Å². The van der Waals surface area contributed by atoms with Crippen LogP contribution in [-0.4, -0.2) is 28.5 Å². The van der Waals surface area contributed by atoms with Crippen molar-refractivity contribution in [3.05, 3.63) is 48.5 Å². The molecule has 0 saturated carbocycles. The maximum absolute atomic E-state index is 12.3. The number of nitrogens with zero attached hydrogens (tertiary/aromatic N) is 2. The first-order chi connectivity index (χ1) is 12.2. The second-order valence-electron chi connectivity index (χ2n) is 6.23. The molecule has 2 atom stereocenters. The summed E-state index contributed by atoms with van der Waals surface area (Å²) >= 11 is 0. The quantitative estimate of drug-likeness (QED) is 0.767. The standard InChI is InChI=1S/C18H20N4O3/c1-22-15(4-7-19-22)17-11-14(6-9-25-17)21-18(23)20-13-3-2-12-5-8-24-16(12)10-13/h2-5,7-8,10,14,17H,6,9,11H2,1H3,(H2,20,21,23). The highest BCUT2D eigenvalue weighted by Crippen LogP contribution is 2.27. The van der Waals surface area contributed by atoms with Crippen LogP contribution in [0.1, 0.15) is 24.6 Å². The molecule has 130 valence electrons. The maximum atomic E-state index is 12.3. The zero-order valence-corrected chi connectivity index (χ0v) is 13.9. The normalized spacial score (nSPS) is 20.5. The molecule has 2 aromatic heterocycles. The lowest BCUT2D eigenvalue weighted by Gasteiger charge is -2.30. The molecular formula is C18H20N4O3. The van der Waals surface area contributed by atoms with Crippen LogP contribution in [-0.2, 0) is 11.8 Å². The zero-order chi connectivity index (χ0) is 17.2. The van der Waals surface area contributed by atoms with E-state index < -0.39 is 0 Å². The van der Waals surface area contributed by atoms with E-state index in [1.807, 2.05) is 42.1 Å². The number of carbonyl (C=O) groups is 1. The van der Waals surface area contributed by atoms with Crippen molar-refractivity contribution in [3.8, 4) is 0 Å². The number of anilines is 1. The van der Waals surface area contributed by atoms with Gasteiger partial charge in [-0.05, 0) is 37.1 Å². The number of aromatic nitrogens is 2. The Morgan fingerprint density at radius 1 is 1.32 bits per heavy atom. The summed E-state index contributed by atoms with van der Waals surface area (Å²) in [6.45, 7) is 0.610. The molecule has 7 heteroatoms. The fourth-order valence-corrected chi connectivity index (χ4v) is 3.22. The van der Waals surface area contributed by atoms with Crippen molar-refractivity contribution >= 4 is 22.7 Å². The van der Waals surface area contributed by atoms with Gasteiger partial charge in [-0.1, -0.05) is 0 Å². The third kappa shape index (κ3) is 3.36. The van der Waals surface area contributed by atoms with E-state index in [9.17, 15) is 4.79 Å². The van der Waals surface area contributed by atoms with Gasteiger partial charge in [0.15, 0.2) is 0 Å². The number of fused-ring (bicyclic) bond motifs is 1. The Hall–Kier alpha value is -2.80. The number of rotatable bonds is 3. The van der Waals surface area contributed by atoms with Gasteiger partial charge in [-0.15, -0.1) is 0 Å². The molecule has 0 aliphatic carbocycles. The second kappa shape index (κ2) is 6.60. The Morgan fingerprint density at radius 3 is 3.08 bits per heavy atom. The van der Waals surface area contributed by atoms with Crippen LogP contribution in [0.4, 0.5) is 10.5 Å². The molecule has 1 saturated heterocycles. The van der Waals surface area contributed by atoms with Crippen molar-refractivity contribution in [3.63, 3.8) is 0 Å². The summed E-state index contributed by atoms with van der Waals surface area (Å²) < 4.78 is 13.0. The minimum atomic E-state index is -0.221. The summed E-state index contributed by atoms with van der Waals surface area (Å²) in [5, 5.41) is 11.1. The van der Waals surface area contributed by atoms with Crippen LogP contribution in [0, 0.1) is 0 Å². The molecule has 0 bridgehead atoms. The van der Waals surface area contributed by atoms with Gasteiger partial charge in [-0.25, -0.2) is 4.79 Å². The molecule has 2 unspecified atom stereocenters. The van der Waals surface area contributed by atoms with Crippen molar-refractivity contribution < 1.29 is 13.9 Å². The lowest BCUT2D eigenvalue weighted by molar-refractivity contribution is -0.00204. The lowest BCUT2D eigenvalue weighted by Crippen LogP contribution is -2.42. The van der Waals surface area contributed by atoms with E-state index in [-0.39, 0.29) is 18.2 Å². The molecule has 1 aliphatic rings. The maximum Gasteiger partial charge on any atom is 0.319 e. The predicted octanol–water partition coefficient (Wildman–Crippen LogP) is 3.21. The molecule has 3 heterocycles. The van der Waals surface area contributed by atoms with Crippen LogP contribution < -0.4 is 10.6 Å². The van der Waals surface area contributed by atoms with Crippen LogP contribution in [0.2, 0.25) is 0 Å². The summed E-state index contributed by atoms with van der Waals surface area (Å²) in [5.41, 5.74) is 2.48. The molecule has 2 amide bonds. The molecular weight excluding hydrogens is 320 g/mol. The van der Waals surface area contributed by atoms with Crippen molar-refractivity contribution in [2.45, 2.75) is 25.0 Å². The first-order valence-electron chi connectivity index (χ1n) is 8.33. The summed E-state index contributed by atoms with van der Waals surface area (Å²) in [6, 6.07) is 9.27. The molecule has 7 nitrogen and oxygen atoms in total. The first-order valence-corrected chi connectivity index (χ1v) is 8.33. The number of furan rings is 1. The van der Waals surface area contributed by atoms with Crippen molar-refractivity contribution in [2.24, 2.45) is 7.05 Å². The molecule has 1 aromatic carbocycles. The Bertz CT molecular complexity index is 885. The first kappa shape index (κ1) is 15.7. The van der Waals surface area contributed by atoms with Gasteiger partial charge in [0.05, 0.1) is 12.0 Å². The summed E-state index contributed by atoms with van der Waals surface area (Å²) in [4.78, 5) is 12.3. The average molecular weight is 340 g/mol. The van der Waals surface area contributed by atoms with Gasteiger partial charge in [0.25, 0.3) is 0 Å². The number of aryl methyl sites for hydroxylation is 1. The van der Waals surface area contributed by atoms with Gasteiger partial charge in [0.2, 0.25) is 0 Å². The Morgan fingerprint density at radius 2 is 2.24 bits per heavy atom. The molecule has 0 radical (unpaired) electrons. The highest BCUT2D eigenvalue weighted by molar-refractivity contribution is 5.92. The van der Waals surface area contributed by atoms with Gasteiger partial charge < -0.3 is 19.8 Å². The SMILES string of the molecule is Cn1nccc1C1CC(NC(=O)Nc2ccc3ccoc3c2)CCO1. The lowest BCUT2D eigenvalue weighted by atomic mass is 10.0. The molecule has 1 fully saturated rings. The number of hydrogen-bond acceptors (Lipinski definition) is 4. The van der Waals surface area contributed by atoms with E-state index in [0.717, 1.165) is 29.5 Å². The van der Waals surface area contributed by atoms with E-state index in [1.54, 1.807) is 12.5 Å². The fraction of sp³-hybridized carbons (Fsp3) is 0.333. The van der Waals surface area contributed by atoms with Gasteiger partial charge in [-0.3, -0.25) is 4.68 Å². The Balaban J connectivity index is 1.37. The number of urea groups is 1. The second-order valence-corrected chi connectivity index (χ2v) is 6.23. The predicted molar refractivity (Wildman–Crippen MR) is 93.3 cm³/mol. The van der Waals surface area contributed by atoms with Crippen LogP contribution in [0.15, 0.2) is 47.2 Å².